The fourth-order valence-corrected chi connectivity index (χ4v) is 12.8. The van der Waals surface area contributed by atoms with Crippen molar-refractivity contribution >= 4 is 107 Å². The molecule has 0 atom stereocenters. The summed E-state index contributed by atoms with van der Waals surface area (Å²) < 4.78 is 95.6. The Labute approximate surface area is 390 Å². The lowest BCUT2D eigenvalue weighted by atomic mass is 9.92. The molecule has 11 heteroatoms. The quantitative estimate of drug-likeness (QED) is 0.162. The van der Waals surface area contributed by atoms with E-state index in [-0.39, 0.29) is 11.6 Å². The standard InChI is InChI=1S/C57H29F6N3S2/c58-56(59,60)33-19-21-34(43(29-33)57(61,62)63)32-18-20-35(49(28-32)66-45-14-6-2-12-41(45)53-48(66)26-23-39-37-10-4-8-16-51(37)68-55(39)53)42-27-31(30-64)17-24-46(42)65-44-13-5-1-11-40(44)52-47(65)25-22-38-36-9-3-7-15-50(36)67-54(38)52/h1-29H. The Kier molecular flexibility index (Phi) is 8.63. The molecular weight excluding hydrogens is 905 g/mol. The zero-order valence-corrected chi connectivity index (χ0v) is 36.8. The predicted molar refractivity (Wildman–Crippen MR) is 266 cm³/mol. The van der Waals surface area contributed by atoms with E-state index in [9.17, 15) is 31.6 Å². The SMILES string of the molecule is N#Cc1ccc(-n2c3ccccc3c3c4sc5ccccc5c4ccc32)c(-c2ccc(-c3ccc(C(F)(F)F)cc3C(F)(F)F)cc2-n2c3ccccc3c3c4sc5ccccc5c4ccc32)c1. The summed E-state index contributed by atoms with van der Waals surface area (Å²) in [7, 11) is 0. The Morgan fingerprint density at radius 1 is 0.412 bits per heavy atom. The molecule has 0 N–H and O–H groups in total. The van der Waals surface area contributed by atoms with Crippen molar-refractivity contribution in [3.05, 3.63) is 193 Å². The fraction of sp³-hybridized carbons (Fsp3) is 0.0351. The number of hydrogen-bond acceptors (Lipinski definition) is 3. The van der Waals surface area contributed by atoms with Gasteiger partial charge in [0.1, 0.15) is 0 Å². The second kappa shape index (κ2) is 14.5. The average Bonchev–Trinajstić information content (AvgIpc) is 4.10. The fourth-order valence-electron chi connectivity index (χ4n) is 10.3. The van der Waals surface area contributed by atoms with Crippen LogP contribution in [0.2, 0.25) is 0 Å². The molecule has 326 valence electrons. The lowest BCUT2D eigenvalue weighted by molar-refractivity contribution is -0.142. The normalized spacial score (nSPS) is 12.5. The van der Waals surface area contributed by atoms with Gasteiger partial charge in [-0.3, -0.25) is 0 Å². The lowest BCUT2D eigenvalue weighted by Crippen LogP contribution is -2.12. The summed E-state index contributed by atoms with van der Waals surface area (Å²) in [6.45, 7) is 0. The van der Waals surface area contributed by atoms with E-state index >= 15 is 0 Å². The molecular formula is C57H29F6N3S2. The number of nitrogens with zero attached hydrogens (tertiary/aromatic N) is 3. The first-order valence-corrected chi connectivity index (χ1v) is 23.2. The van der Waals surface area contributed by atoms with Crippen molar-refractivity contribution in [3.63, 3.8) is 0 Å². The summed E-state index contributed by atoms with van der Waals surface area (Å²) in [5.74, 6) is 0. The van der Waals surface area contributed by atoms with Gasteiger partial charge in [-0.15, -0.1) is 22.7 Å². The van der Waals surface area contributed by atoms with Crippen LogP contribution in [0.5, 0.6) is 0 Å². The largest absolute Gasteiger partial charge is 0.417 e. The van der Waals surface area contributed by atoms with Gasteiger partial charge in [-0.25, -0.2) is 0 Å². The van der Waals surface area contributed by atoms with Crippen LogP contribution in [0.4, 0.5) is 26.3 Å². The monoisotopic (exact) mass is 933 g/mol. The molecule has 3 nitrogen and oxygen atoms in total. The van der Waals surface area contributed by atoms with Crippen LogP contribution < -0.4 is 0 Å². The summed E-state index contributed by atoms with van der Waals surface area (Å²) in [5.41, 5.74) is 3.08. The lowest BCUT2D eigenvalue weighted by Gasteiger charge is -2.21. The van der Waals surface area contributed by atoms with Gasteiger partial charge in [0.2, 0.25) is 0 Å². The zero-order chi connectivity index (χ0) is 46.2. The van der Waals surface area contributed by atoms with Gasteiger partial charge in [0.15, 0.2) is 0 Å². The van der Waals surface area contributed by atoms with Crippen molar-refractivity contribution in [2.45, 2.75) is 12.4 Å². The number of rotatable bonds is 4. The summed E-state index contributed by atoms with van der Waals surface area (Å²) in [4.78, 5) is 0. The van der Waals surface area contributed by atoms with Crippen LogP contribution in [0.1, 0.15) is 16.7 Å². The molecule has 0 saturated heterocycles. The summed E-state index contributed by atoms with van der Waals surface area (Å²) in [6.07, 6.45) is -10.1. The van der Waals surface area contributed by atoms with Crippen LogP contribution in [-0.4, -0.2) is 9.13 Å². The van der Waals surface area contributed by atoms with Gasteiger partial charge in [-0.05, 0) is 83.9 Å². The van der Waals surface area contributed by atoms with Crippen LogP contribution >= 0.6 is 22.7 Å². The Hall–Kier alpha value is -7.91. The van der Waals surface area contributed by atoms with Gasteiger partial charge in [-0.2, -0.15) is 31.6 Å². The Bertz CT molecular complexity index is 4330. The van der Waals surface area contributed by atoms with Crippen molar-refractivity contribution in [3.8, 4) is 39.7 Å². The molecule has 0 saturated carbocycles. The molecule has 0 amide bonds. The molecule has 4 aromatic heterocycles. The number of para-hydroxylation sites is 2. The number of alkyl halides is 6. The molecule has 9 aromatic carbocycles. The molecule has 0 aliphatic heterocycles. The topological polar surface area (TPSA) is 33.6 Å². The molecule has 4 heterocycles. The van der Waals surface area contributed by atoms with Gasteiger partial charge in [-0.1, -0.05) is 103 Å². The second-order valence-corrected chi connectivity index (χ2v) is 19.0. The highest BCUT2D eigenvalue weighted by Gasteiger charge is 2.39. The highest BCUT2D eigenvalue weighted by atomic mass is 32.1. The summed E-state index contributed by atoms with van der Waals surface area (Å²) in [6, 6.07) is 55.4. The maximum absolute atomic E-state index is 15.0. The first-order chi connectivity index (χ1) is 33.0. The van der Waals surface area contributed by atoms with Crippen LogP contribution in [-0.2, 0) is 12.4 Å². The van der Waals surface area contributed by atoms with Crippen molar-refractivity contribution < 1.29 is 26.3 Å². The van der Waals surface area contributed by atoms with E-state index in [2.05, 4.69) is 65.2 Å². The molecule has 0 unspecified atom stereocenters. The van der Waals surface area contributed by atoms with Crippen molar-refractivity contribution in [2.24, 2.45) is 0 Å². The molecule has 0 radical (unpaired) electrons. The third-order valence-electron chi connectivity index (χ3n) is 13.2. The number of nitriles is 1. The molecule has 13 aromatic rings. The maximum Gasteiger partial charge on any atom is 0.417 e. The average molecular weight is 934 g/mol. The molecule has 0 spiro atoms. The van der Waals surface area contributed by atoms with Crippen molar-refractivity contribution in [1.29, 1.82) is 5.26 Å². The number of aromatic nitrogens is 2. The maximum atomic E-state index is 15.0. The van der Waals surface area contributed by atoms with Gasteiger partial charge in [0.25, 0.3) is 0 Å². The molecule has 68 heavy (non-hydrogen) atoms. The van der Waals surface area contributed by atoms with Crippen molar-refractivity contribution in [1.82, 2.24) is 9.13 Å². The van der Waals surface area contributed by atoms with Crippen molar-refractivity contribution in [2.75, 3.05) is 0 Å². The third kappa shape index (κ3) is 5.90. The van der Waals surface area contributed by atoms with E-state index in [1.165, 1.54) is 6.07 Å². The Balaban J connectivity index is 1.16. The number of benzene rings is 9. The Morgan fingerprint density at radius 2 is 0.941 bits per heavy atom. The van der Waals surface area contributed by atoms with E-state index in [1.54, 1.807) is 40.9 Å². The highest BCUT2D eigenvalue weighted by Crippen LogP contribution is 2.49. The summed E-state index contributed by atoms with van der Waals surface area (Å²) in [5, 5.41) is 18.9. The van der Waals surface area contributed by atoms with Gasteiger partial charge in [0, 0.05) is 73.0 Å². The third-order valence-corrected chi connectivity index (χ3v) is 15.6. The molecule has 0 aliphatic carbocycles. The Morgan fingerprint density at radius 3 is 1.50 bits per heavy atom. The highest BCUT2D eigenvalue weighted by molar-refractivity contribution is 7.27. The van der Waals surface area contributed by atoms with Crippen LogP contribution in [0.15, 0.2) is 176 Å². The first-order valence-electron chi connectivity index (χ1n) is 21.6. The number of fused-ring (bicyclic) bond motifs is 14. The minimum atomic E-state index is -5.11. The first kappa shape index (κ1) is 40.4. The molecule has 0 bridgehead atoms. The zero-order valence-electron chi connectivity index (χ0n) is 35.2. The van der Waals surface area contributed by atoms with E-state index in [0.717, 1.165) is 95.7 Å². The van der Waals surface area contributed by atoms with Crippen LogP contribution in [0.25, 0.3) is 118 Å². The van der Waals surface area contributed by atoms with Gasteiger partial charge < -0.3 is 9.13 Å². The van der Waals surface area contributed by atoms with Crippen LogP contribution in [0.3, 0.4) is 0 Å². The number of halogens is 6. The number of hydrogen-bond donors (Lipinski definition) is 0. The minimum absolute atomic E-state index is 0.0701. The van der Waals surface area contributed by atoms with Crippen LogP contribution in [0, 0.1) is 11.3 Å². The molecule has 0 aliphatic rings. The summed E-state index contributed by atoms with van der Waals surface area (Å²) >= 11 is 3.39. The van der Waals surface area contributed by atoms with Gasteiger partial charge >= 0.3 is 12.4 Å². The predicted octanol–water partition coefficient (Wildman–Crippen LogP) is 17.9. The molecule has 0 fully saturated rings. The molecule has 13 rings (SSSR count). The number of thiophene rings is 2. The van der Waals surface area contributed by atoms with E-state index in [0.29, 0.717) is 28.4 Å². The second-order valence-electron chi connectivity index (χ2n) is 16.9. The van der Waals surface area contributed by atoms with E-state index in [1.807, 2.05) is 83.4 Å². The smallest absolute Gasteiger partial charge is 0.309 e. The minimum Gasteiger partial charge on any atom is -0.309 e. The van der Waals surface area contributed by atoms with E-state index in [4.69, 9.17) is 0 Å². The van der Waals surface area contributed by atoms with Gasteiger partial charge in [0.05, 0.1) is 56.2 Å². The van der Waals surface area contributed by atoms with E-state index < -0.39 is 29.0 Å².